The van der Waals surface area contributed by atoms with Crippen LogP contribution in [0.5, 0.6) is 11.5 Å². The van der Waals surface area contributed by atoms with E-state index in [0.717, 1.165) is 36.1 Å². The van der Waals surface area contributed by atoms with Crippen LogP contribution in [0.25, 0.3) is 0 Å². The molecule has 1 aromatic carbocycles. The van der Waals surface area contributed by atoms with E-state index in [1.807, 2.05) is 26.0 Å². The first kappa shape index (κ1) is 12.9. The van der Waals surface area contributed by atoms with Crippen LogP contribution in [0.15, 0.2) is 12.1 Å². The van der Waals surface area contributed by atoms with Gasteiger partial charge in [0.1, 0.15) is 0 Å². The normalized spacial score (nSPS) is 14.9. The lowest BCUT2D eigenvalue weighted by Crippen LogP contribution is -2.05. The number of carbonyl (C=O) groups is 1. The molecule has 3 heteroatoms. The van der Waals surface area contributed by atoms with Gasteiger partial charge < -0.3 is 9.47 Å². The Labute approximate surface area is 108 Å². The predicted octanol–water partition coefficient (Wildman–Crippen LogP) is 3.39. The van der Waals surface area contributed by atoms with E-state index in [-0.39, 0.29) is 5.78 Å². The van der Waals surface area contributed by atoms with Crippen molar-refractivity contribution < 1.29 is 14.3 Å². The van der Waals surface area contributed by atoms with Gasteiger partial charge in [0.2, 0.25) is 0 Å². The van der Waals surface area contributed by atoms with Gasteiger partial charge in [0.05, 0.1) is 13.2 Å². The second kappa shape index (κ2) is 5.89. The zero-order valence-corrected chi connectivity index (χ0v) is 11.1. The molecular formula is C15H20O3. The minimum absolute atomic E-state index is 0.228. The van der Waals surface area contributed by atoms with Gasteiger partial charge in [-0.2, -0.15) is 0 Å². The van der Waals surface area contributed by atoms with Crippen molar-refractivity contribution >= 4 is 5.78 Å². The molecule has 0 amide bonds. The van der Waals surface area contributed by atoms with Crippen molar-refractivity contribution in [3.05, 3.63) is 23.3 Å². The molecule has 2 rings (SSSR count). The fourth-order valence-electron chi connectivity index (χ4n) is 2.34. The molecule has 1 aliphatic carbocycles. The van der Waals surface area contributed by atoms with Crippen LogP contribution >= 0.6 is 0 Å². The smallest absolute Gasteiger partial charge is 0.163 e. The Bertz CT molecular complexity index is 438. The molecular weight excluding hydrogens is 228 g/mol. The minimum Gasteiger partial charge on any atom is -0.490 e. The highest BCUT2D eigenvalue weighted by Crippen LogP contribution is 2.34. The predicted molar refractivity (Wildman–Crippen MR) is 70.7 cm³/mol. The Kier molecular flexibility index (Phi) is 4.24. The summed E-state index contributed by atoms with van der Waals surface area (Å²) in [6.45, 7) is 5.07. The van der Waals surface area contributed by atoms with E-state index >= 15 is 0 Å². The number of ether oxygens (including phenoxy) is 2. The Morgan fingerprint density at radius 1 is 1.00 bits per heavy atom. The van der Waals surface area contributed by atoms with Crippen LogP contribution < -0.4 is 9.47 Å². The van der Waals surface area contributed by atoms with Crippen molar-refractivity contribution in [2.45, 2.75) is 39.5 Å². The van der Waals surface area contributed by atoms with Gasteiger partial charge in [0.15, 0.2) is 17.3 Å². The van der Waals surface area contributed by atoms with E-state index in [1.165, 1.54) is 0 Å². The summed E-state index contributed by atoms with van der Waals surface area (Å²) < 4.78 is 11.2. The van der Waals surface area contributed by atoms with Crippen molar-refractivity contribution in [2.24, 2.45) is 0 Å². The lowest BCUT2D eigenvalue weighted by molar-refractivity contribution is 0.0981. The van der Waals surface area contributed by atoms with E-state index in [9.17, 15) is 4.79 Å². The Morgan fingerprint density at radius 2 is 1.61 bits per heavy atom. The lowest BCUT2D eigenvalue weighted by Gasteiger charge is -2.14. The average molecular weight is 248 g/mol. The van der Waals surface area contributed by atoms with E-state index < -0.39 is 0 Å². The Hall–Kier alpha value is -1.51. The second-order valence-corrected chi connectivity index (χ2v) is 4.45. The molecule has 0 atom stereocenters. The topological polar surface area (TPSA) is 35.5 Å². The maximum absolute atomic E-state index is 12.0. The molecule has 1 aromatic rings. The van der Waals surface area contributed by atoms with Crippen LogP contribution in [0.2, 0.25) is 0 Å². The van der Waals surface area contributed by atoms with Gasteiger partial charge in [0.25, 0.3) is 0 Å². The maximum Gasteiger partial charge on any atom is 0.163 e. The molecule has 1 aliphatic rings. The van der Waals surface area contributed by atoms with E-state index in [2.05, 4.69) is 0 Å². The number of aryl methyl sites for hydroxylation is 1. The number of ketones is 1. The molecule has 3 nitrogen and oxygen atoms in total. The molecule has 0 radical (unpaired) electrons. The Balaban J connectivity index is 2.43. The summed E-state index contributed by atoms with van der Waals surface area (Å²) in [7, 11) is 0. The zero-order chi connectivity index (χ0) is 13.0. The largest absolute Gasteiger partial charge is 0.490 e. The molecule has 98 valence electrons. The van der Waals surface area contributed by atoms with Crippen LogP contribution in [0.1, 0.15) is 49.0 Å². The van der Waals surface area contributed by atoms with E-state index in [4.69, 9.17) is 9.47 Å². The van der Waals surface area contributed by atoms with E-state index in [0.29, 0.717) is 25.4 Å². The number of Topliss-reactive ketones (excluding diaryl/α,β-unsaturated/α-hetero) is 1. The molecule has 0 N–H and O–H groups in total. The number of fused-ring (bicyclic) bond motifs is 1. The fourth-order valence-corrected chi connectivity index (χ4v) is 2.34. The second-order valence-electron chi connectivity index (χ2n) is 4.45. The first-order valence-corrected chi connectivity index (χ1v) is 6.72. The highest BCUT2D eigenvalue weighted by molar-refractivity contribution is 5.98. The lowest BCUT2D eigenvalue weighted by atomic mass is 10.0. The van der Waals surface area contributed by atoms with Crippen LogP contribution in [0.3, 0.4) is 0 Å². The quantitative estimate of drug-likeness (QED) is 0.766. The van der Waals surface area contributed by atoms with Crippen LogP contribution in [-0.4, -0.2) is 19.0 Å². The highest BCUT2D eigenvalue weighted by atomic mass is 16.5. The van der Waals surface area contributed by atoms with Crippen LogP contribution in [0, 0.1) is 0 Å². The molecule has 0 saturated heterocycles. The average Bonchev–Trinajstić information content (AvgIpc) is 2.53. The van der Waals surface area contributed by atoms with Crippen molar-refractivity contribution in [3.8, 4) is 11.5 Å². The summed E-state index contributed by atoms with van der Waals surface area (Å²) in [4.78, 5) is 12.0. The summed E-state index contributed by atoms with van der Waals surface area (Å²) in [6.07, 6.45) is 3.64. The third kappa shape index (κ3) is 2.66. The molecule has 0 aromatic heterocycles. The minimum atomic E-state index is 0.228. The number of rotatable bonds is 4. The molecule has 0 aliphatic heterocycles. The number of benzene rings is 1. The van der Waals surface area contributed by atoms with Crippen molar-refractivity contribution in [3.63, 3.8) is 0 Å². The summed E-state index contributed by atoms with van der Waals surface area (Å²) >= 11 is 0. The maximum atomic E-state index is 12.0. The van der Waals surface area contributed by atoms with Gasteiger partial charge in [-0.3, -0.25) is 4.79 Å². The Morgan fingerprint density at radius 3 is 2.28 bits per heavy atom. The molecule has 0 bridgehead atoms. The summed E-state index contributed by atoms with van der Waals surface area (Å²) in [5, 5.41) is 0. The SMILES string of the molecule is CCOc1cc2c(cc1OCC)C(=O)CCCC2. The van der Waals surface area contributed by atoms with Crippen LogP contribution in [-0.2, 0) is 6.42 Å². The van der Waals surface area contributed by atoms with Crippen molar-refractivity contribution in [1.82, 2.24) is 0 Å². The molecule has 0 heterocycles. The van der Waals surface area contributed by atoms with Crippen molar-refractivity contribution in [1.29, 1.82) is 0 Å². The number of carbonyl (C=O) groups excluding carboxylic acids is 1. The first-order valence-electron chi connectivity index (χ1n) is 6.72. The molecule has 0 saturated carbocycles. The van der Waals surface area contributed by atoms with Crippen LogP contribution in [0.4, 0.5) is 0 Å². The zero-order valence-electron chi connectivity index (χ0n) is 11.1. The van der Waals surface area contributed by atoms with Crippen molar-refractivity contribution in [2.75, 3.05) is 13.2 Å². The first-order chi connectivity index (χ1) is 8.76. The van der Waals surface area contributed by atoms with Gasteiger partial charge in [0, 0.05) is 12.0 Å². The third-order valence-corrected chi connectivity index (χ3v) is 3.17. The van der Waals surface area contributed by atoms with Gasteiger partial charge in [-0.15, -0.1) is 0 Å². The van der Waals surface area contributed by atoms with Gasteiger partial charge in [-0.1, -0.05) is 0 Å². The summed E-state index contributed by atoms with van der Waals surface area (Å²) in [6, 6.07) is 3.84. The fraction of sp³-hybridized carbons (Fsp3) is 0.533. The summed E-state index contributed by atoms with van der Waals surface area (Å²) in [5.74, 6) is 1.67. The third-order valence-electron chi connectivity index (χ3n) is 3.17. The van der Waals surface area contributed by atoms with Gasteiger partial charge in [-0.05, 0) is 50.8 Å². The monoisotopic (exact) mass is 248 g/mol. The number of hydrogen-bond donors (Lipinski definition) is 0. The van der Waals surface area contributed by atoms with Gasteiger partial charge in [-0.25, -0.2) is 0 Å². The number of hydrogen-bond acceptors (Lipinski definition) is 3. The summed E-state index contributed by atoms with van der Waals surface area (Å²) in [5.41, 5.74) is 1.92. The standard InChI is InChI=1S/C15H20O3/c1-3-17-14-9-11-7-5-6-8-13(16)12(11)10-15(14)18-4-2/h9-10H,3-8H2,1-2H3. The molecule has 18 heavy (non-hydrogen) atoms. The van der Waals surface area contributed by atoms with E-state index in [1.54, 1.807) is 0 Å². The molecule has 0 fully saturated rings. The molecule has 0 unspecified atom stereocenters. The molecule has 0 spiro atoms. The van der Waals surface area contributed by atoms with Gasteiger partial charge >= 0.3 is 0 Å². The highest BCUT2D eigenvalue weighted by Gasteiger charge is 2.19.